The molecule has 0 aliphatic carbocycles. The second-order valence-electron chi connectivity index (χ2n) is 7.05. The van der Waals surface area contributed by atoms with E-state index in [1.54, 1.807) is 0 Å². The van der Waals surface area contributed by atoms with Crippen molar-refractivity contribution >= 4 is 18.3 Å². The molecule has 1 saturated heterocycles. The zero-order valence-electron chi connectivity index (χ0n) is 15.1. The lowest BCUT2D eigenvalue weighted by atomic mass is 10.1. The van der Waals surface area contributed by atoms with Crippen molar-refractivity contribution in [2.45, 2.75) is 58.9 Å². The number of amides is 1. The molecule has 0 radical (unpaired) electrons. The number of hydrogen-bond acceptors (Lipinski definition) is 4. The number of aryl methyl sites for hydroxylation is 1. The Morgan fingerprint density at radius 2 is 2.12 bits per heavy atom. The number of carbonyl (C=O) groups is 1. The molecule has 2 atom stereocenters. The van der Waals surface area contributed by atoms with Crippen LogP contribution in [0.5, 0.6) is 5.75 Å². The summed E-state index contributed by atoms with van der Waals surface area (Å²) in [6, 6.07) is 5.74. The van der Waals surface area contributed by atoms with Crippen LogP contribution in [-0.2, 0) is 16.1 Å². The van der Waals surface area contributed by atoms with Crippen LogP contribution in [-0.4, -0.2) is 36.8 Å². The normalized spacial score (nSPS) is 20.9. The van der Waals surface area contributed by atoms with Gasteiger partial charge in [-0.2, -0.15) is 0 Å². The lowest BCUT2D eigenvalue weighted by molar-refractivity contribution is -0.129. The molecule has 0 aromatic heterocycles. The number of hydrogen-bond donors (Lipinski definition) is 2. The lowest BCUT2D eigenvalue weighted by Gasteiger charge is -2.29. The molecule has 5 nitrogen and oxygen atoms in total. The van der Waals surface area contributed by atoms with Gasteiger partial charge >= 0.3 is 0 Å². The van der Waals surface area contributed by atoms with Gasteiger partial charge in [0.1, 0.15) is 17.4 Å². The summed E-state index contributed by atoms with van der Waals surface area (Å²) < 4.78 is 11.5. The summed E-state index contributed by atoms with van der Waals surface area (Å²) in [5.74, 6) is 0.776. The second-order valence-corrected chi connectivity index (χ2v) is 7.05. The van der Waals surface area contributed by atoms with Gasteiger partial charge in [0.15, 0.2) is 0 Å². The average Bonchev–Trinajstić information content (AvgIpc) is 2.45. The van der Waals surface area contributed by atoms with Gasteiger partial charge in [0.2, 0.25) is 5.91 Å². The summed E-state index contributed by atoms with van der Waals surface area (Å²) in [6.45, 7) is 11.8. The maximum Gasteiger partial charge on any atom is 0.240 e. The Hall–Kier alpha value is -1.30. The van der Waals surface area contributed by atoms with Gasteiger partial charge in [-0.05, 0) is 46.2 Å². The number of ether oxygens (including phenoxy) is 2. The first-order chi connectivity index (χ1) is 10.8. The highest BCUT2D eigenvalue weighted by atomic mass is 35.5. The molecule has 1 amide bonds. The Kier molecular flexibility index (Phi) is 7.52. The molecule has 1 aromatic rings. The van der Waals surface area contributed by atoms with Crippen molar-refractivity contribution in [2.75, 3.05) is 13.2 Å². The molecule has 2 rings (SSSR count). The Labute approximate surface area is 150 Å². The van der Waals surface area contributed by atoms with E-state index in [1.165, 1.54) is 0 Å². The highest BCUT2D eigenvalue weighted by Crippen LogP contribution is 2.24. The molecule has 1 heterocycles. The topological polar surface area (TPSA) is 59.6 Å². The summed E-state index contributed by atoms with van der Waals surface area (Å²) in [6.07, 6.45) is -0.118. The first kappa shape index (κ1) is 20.7. The molecule has 6 heteroatoms. The van der Waals surface area contributed by atoms with Crippen LogP contribution >= 0.6 is 12.4 Å². The summed E-state index contributed by atoms with van der Waals surface area (Å²) >= 11 is 0. The molecule has 0 saturated carbocycles. The van der Waals surface area contributed by atoms with E-state index in [2.05, 4.69) is 10.6 Å². The van der Waals surface area contributed by atoms with Crippen LogP contribution in [0.4, 0.5) is 0 Å². The lowest BCUT2D eigenvalue weighted by Crippen LogP contribution is -2.55. The van der Waals surface area contributed by atoms with Crippen LogP contribution < -0.4 is 15.4 Å². The predicted molar refractivity (Wildman–Crippen MR) is 97.9 cm³/mol. The van der Waals surface area contributed by atoms with Gasteiger partial charge in [-0.1, -0.05) is 12.1 Å². The third kappa shape index (κ3) is 5.96. The van der Waals surface area contributed by atoms with E-state index < -0.39 is 0 Å². The Morgan fingerprint density at radius 3 is 2.75 bits per heavy atom. The third-order valence-electron chi connectivity index (χ3n) is 3.69. The van der Waals surface area contributed by atoms with Crippen molar-refractivity contribution in [1.82, 2.24) is 10.6 Å². The zero-order chi connectivity index (χ0) is 17.0. The summed E-state index contributed by atoms with van der Waals surface area (Å²) in [7, 11) is 0. The van der Waals surface area contributed by atoms with E-state index in [0.717, 1.165) is 16.9 Å². The largest absolute Gasteiger partial charge is 0.488 e. The Bertz CT molecular complexity index is 558. The number of morpholine rings is 1. The van der Waals surface area contributed by atoms with Gasteiger partial charge < -0.3 is 20.1 Å². The van der Waals surface area contributed by atoms with Crippen molar-refractivity contribution in [1.29, 1.82) is 0 Å². The number of benzene rings is 1. The van der Waals surface area contributed by atoms with Crippen LogP contribution in [0.15, 0.2) is 18.2 Å². The van der Waals surface area contributed by atoms with Crippen molar-refractivity contribution in [3.05, 3.63) is 29.3 Å². The van der Waals surface area contributed by atoms with Gasteiger partial charge in [-0.3, -0.25) is 4.79 Å². The Balaban J connectivity index is 0.00000288. The smallest absolute Gasteiger partial charge is 0.240 e. The summed E-state index contributed by atoms with van der Waals surface area (Å²) in [5, 5.41) is 6.18. The minimum Gasteiger partial charge on any atom is -0.488 e. The van der Waals surface area contributed by atoms with Gasteiger partial charge in [0, 0.05) is 18.7 Å². The fourth-order valence-corrected chi connectivity index (χ4v) is 2.55. The quantitative estimate of drug-likeness (QED) is 0.870. The highest BCUT2D eigenvalue weighted by Gasteiger charge is 2.28. The second kappa shape index (κ2) is 8.70. The van der Waals surface area contributed by atoms with Crippen LogP contribution in [0.2, 0.25) is 0 Å². The number of nitrogens with one attached hydrogen (secondary N) is 2. The van der Waals surface area contributed by atoms with E-state index in [4.69, 9.17) is 9.47 Å². The highest BCUT2D eigenvalue weighted by molar-refractivity contribution is 5.85. The number of halogens is 1. The third-order valence-corrected chi connectivity index (χ3v) is 3.69. The van der Waals surface area contributed by atoms with Crippen molar-refractivity contribution in [3.63, 3.8) is 0 Å². The van der Waals surface area contributed by atoms with E-state index in [0.29, 0.717) is 19.7 Å². The molecule has 1 aliphatic heterocycles. The standard InChI is InChI=1S/C18H28N2O3.ClH/c1-12-6-7-14(15(10-12)23-18(3,4)5)11-20-17(21)16-13(2)22-9-8-19-16;/h6-7,10,13,16,19H,8-9,11H2,1-5H3,(H,20,21);1H/t13-,16+;/m1./s1. The van der Waals surface area contributed by atoms with Crippen LogP contribution in [0.3, 0.4) is 0 Å². The van der Waals surface area contributed by atoms with Crippen molar-refractivity contribution < 1.29 is 14.3 Å². The summed E-state index contributed by atoms with van der Waals surface area (Å²) in [5.41, 5.74) is 1.83. The molecule has 2 N–H and O–H groups in total. The average molecular weight is 357 g/mol. The molecular formula is C18H29ClN2O3. The minimum atomic E-state index is -0.304. The number of rotatable bonds is 4. The van der Waals surface area contributed by atoms with Gasteiger partial charge in [0.25, 0.3) is 0 Å². The fourth-order valence-electron chi connectivity index (χ4n) is 2.55. The molecule has 0 unspecified atom stereocenters. The Morgan fingerprint density at radius 1 is 1.42 bits per heavy atom. The molecule has 136 valence electrons. The van der Waals surface area contributed by atoms with Crippen LogP contribution in [0, 0.1) is 6.92 Å². The SMILES string of the molecule is Cc1ccc(CNC(=O)[C@H]2NCCO[C@@H]2C)c(OC(C)(C)C)c1.Cl. The molecule has 1 fully saturated rings. The van der Waals surface area contributed by atoms with Crippen LogP contribution in [0.25, 0.3) is 0 Å². The molecule has 0 bridgehead atoms. The first-order valence-electron chi connectivity index (χ1n) is 8.17. The van der Waals surface area contributed by atoms with E-state index in [9.17, 15) is 4.79 Å². The van der Waals surface area contributed by atoms with Crippen molar-refractivity contribution in [3.8, 4) is 5.75 Å². The van der Waals surface area contributed by atoms with E-state index in [1.807, 2.05) is 52.8 Å². The molecule has 0 spiro atoms. The van der Waals surface area contributed by atoms with E-state index >= 15 is 0 Å². The molecule has 1 aromatic carbocycles. The summed E-state index contributed by atoms with van der Waals surface area (Å²) in [4.78, 5) is 12.4. The zero-order valence-corrected chi connectivity index (χ0v) is 16.0. The monoisotopic (exact) mass is 356 g/mol. The molecule has 1 aliphatic rings. The first-order valence-corrected chi connectivity index (χ1v) is 8.17. The fraction of sp³-hybridized carbons (Fsp3) is 0.611. The van der Waals surface area contributed by atoms with Gasteiger partial charge in [-0.15, -0.1) is 12.4 Å². The maximum atomic E-state index is 12.4. The minimum absolute atomic E-state index is 0. The predicted octanol–water partition coefficient (Wildman–Crippen LogP) is 2.59. The number of carbonyl (C=O) groups excluding carboxylic acids is 1. The maximum absolute atomic E-state index is 12.4. The van der Waals surface area contributed by atoms with Gasteiger partial charge in [-0.25, -0.2) is 0 Å². The molecule has 24 heavy (non-hydrogen) atoms. The van der Waals surface area contributed by atoms with E-state index in [-0.39, 0.29) is 36.1 Å². The van der Waals surface area contributed by atoms with Crippen molar-refractivity contribution in [2.24, 2.45) is 0 Å². The van der Waals surface area contributed by atoms with Gasteiger partial charge in [0.05, 0.1) is 12.7 Å². The molecular weight excluding hydrogens is 328 g/mol. The van der Waals surface area contributed by atoms with Crippen LogP contribution in [0.1, 0.15) is 38.8 Å².